The van der Waals surface area contributed by atoms with Gasteiger partial charge in [-0.1, -0.05) is 18.5 Å². The normalized spacial score (nSPS) is 11.3. The second-order valence-electron chi connectivity index (χ2n) is 5.61. The molecule has 5 nitrogen and oxygen atoms in total. The molecule has 0 unspecified atom stereocenters. The number of likely N-dealkylation sites (N-methyl/N-ethyl adjacent to an activating group) is 1. The fourth-order valence-electron chi connectivity index (χ4n) is 1.91. The number of carbonyl (C=O) groups is 1. The van der Waals surface area contributed by atoms with Crippen molar-refractivity contribution in [1.29, 1.82) is 0 Å². The molecule has 0 aromatic carbocycles. The van der Waals surface area contributed by atoms with Gasteiger partial charge in [0.15, 0.2) is 0 Å². The van der Waals surface area contributed by atoms with Gasteiger partial charge < -0.3 is 15.3 Å². The minimum atomic E-state index is -0.939. The maximum Gasteiger partial charge on any atom is 0.255 e. The highest BCUT2D eigenvalue weighted by Crippen LogP contribution is 2.21. The number of nitrogens with zero attached hydrogens (tertiary/aromatic N) is 2. The third-order valence-corrected chi connectivity index (χ3v) is 3.17. The minimum absolute atomic E-state index is 0.184. The third-order valence-electron chi connectivity index (χ3n) is 2.88. The van der Waals surface area contributed by atoms with Crippen LogP contribution < -0.4 is 5.32 Å². The molecule has 0 aliphatic heterocycles. The maximum atomic E-state index is 12.4. The van der Waals surface area contributed by atoms with Gasteiger partial charge in [0, 0.05) is 25.8 Å². The highest BCUT2D eigenvalue weighted by atomic mass is 35.5. The van der Waals surface area contributed by atoms with Crippen LogP contribution in [-0.2, 0) is 0 Å². The van der Waals surface area contributed by atoms with Crippen molar-refractivity contribution >= 4 is 23.3 Å². The summed E-state index contributed by atoms with van der Waals surface area (Å²) in [7, 11) is 0. The summed E-state index contributed by atoms with van der Waals surface area (Å²) in [4.78, 5) is 18.2. The van der Waals surface area contributed by atoms with E-state index in [9.17, 15) is 9.90 Å². The van der Waals surface area contributed by atoms with Crippen LogP contribution in [0.4, 0.5) is 5.82 Å². The molecule has 0 radical (unpaired) electrons. The van der Waals surface area contributed by atoms with Crippen molar-refractivity contribution in [2.75, 3.05) is 25.0 Å². The van der Waals surface area contributed by atoms with E-state index in [4.69, 9.17) is 11.6 Å². The average molecular weight is 314 g/mol. The Morgan fingerprint density at radius 1 is 1.48 bits per heavy atom. The Labute approximate surface area is 131 Å². The predicted octanol–water partition coefficient (Wildman–Crippen LogP) is 2.79. The molecule has 0 saturated carbocycles. The van der Waals surface area contributed by atoms with Gasteiger partial charge >= 0.3 is 0 Å². The van der Waals surface area contributed by atoms with Crippen LogP contribution in [0.5, 0.6) is 0 Å². The number of aromatic nitrogens is 1. The van der Waals surface area contributed by atoms with Crippen LogP contribution >= 0.6 is 11.6 Å². The Bertz CT molecular complexity index is 486. The Hall–Kier alpha value is -1.33. The first-order chi connectivity index (χ1) is 9.78. The molecule has 0 aliphatic rings. The molecule has 21 heavy (non-hydrogen) atoms. The lowest BCUT2D eigenvalue weighted by Crippen LogP contribution is -2.42. The summed E-state index contributed by atoms with van der Waals surface area (Å²) in [6.07, 6.45) is 2.48. The van der Waals surface area contributed by atoms with Crippen molar-refractivity contribution in [1.82, 2.24) is 9.88 Å². The molecular weight excluding hydrogens is 290 g/mol. The summed E-state index contributed by atoms with van der Waals surface area (Å²) in [5.41, 5.74) is -0.515. The SMILES string of the molecule is CCCNc1ncc(C(=O)N(CC)CC(C)(C)O)cc1Cl. The van der Waals surface area contributed by atoms with Crippen molar-refractivity contribution in [3.63, 3.8) is 0 Å². The smallest absolute Gasteiger partial charge is 0.255 e. The number of nitrogens with one attached hydrogen (secondary N) is 1. The highest BCUT2D eigenvalue weighted by molar-refractivity contribution is 6.33. The monoisotopic (exact) mass is 313 g/mol. The Kier molecular flexibility index (Phi) is 6.42. The molecule has 0 aliphatic carbocycles. The fraction of sp³-hybridized carbons (Fsp3) is 0.600. The van der Waals surface area contributed by atoms with Gasteiger partial charge in [-0.2, -0.15) is 0 Å². The van der Waals surface area contributed by atoms with Gasteiger partial charge in [-0.25, -0.2) is 4.98 Å². The number of aliphatic hydroxyl groups is 1. The van der Waals surface area contributed by atoms with E-state index in [1.54, 1.807) is 24.8 Å². The van der Waals surface area contributed by atoms with E-state index < -0.39 is 5.60 Å². The van der Waals surface area contributed by atoms with Crippen LogP contribution in [0.25, 0.3) is 0 Å². The summed E-state index contributed by atoms with van der Waals surface area (Å²) in [6, 6.07) is 1.61. The summed E-state index contributed by atoms with van der Waals surface area (Å²) >= 11 is 6.15. The molecule has 0 spiro atoms. The number of hydrogen-bond acceptors (Lipinski definition) is 4. The van der Waals surface area contributed by atoms with E-state index in [0.29, 0.717) is 22.9 Å². The summed E-state index contributed by atoms with van der Waals surface area (Å²) in [5, 5.41) is 13.4. The first-order valence-electron chi connectivity index (χ1n) is 7.19. The van der Waals surface area contributed by atoms with Crippen LogP contribution in [0.3, 0.4) is 0 Å². The summed E-state index contributed by atoms with van der Waals surface area (Å²) < 4.78 is 0. The van der Waals surface area contributed by atoms with E-state index in [1.807, 2.05) is 6.92 Å². The average Bonchev–Trinajstić information content (AvgIpc) is 2.41. The zero-order valence-electron chi connectivity index (χ0n) is 13.1. The van der Waals surface area contributed by atoms with Crippen molar-refractivity contribution < 1.29 is 9.90 Å². The molecular formula is C15H24ClN3O2. The van der Waals surface area contributed by atoms with Crippen molar-refractivity contribution in [3.05, 3.63) is 22.8 Å². The molecule has 1 aromatic heterocycles. The number of anilines is 1. The van der Waals surface area contributed by atoms with E-state index in [-0.39, 0.29) is 12.5 Å². The molecule has 1 aromatic rings. The number of hydrogen-bond donors (Lipinski definition) is 2. The molecule has 0 atom stereocenters. The number of pyridine rings is 1. The van der Waals surface area contributed by atoms with Gasteiger partial charge in [0.05, 0.1) is 16.2 Å². The second kappa shape index (κ2) is 7.61. The lowest BCUT2D eigenvalue weighted by Gasteiger charge is -2.28. The standard InChI is InChI=1S/C15H24ClN3O2/c1-5-7-17-13-12(16)8-11(9-18-13)14(20)19(6-2)10-15(3,4)21/h8-9,21H,5-7,10H2,1-4H3,(H,17,18). The lowest BCUT2D eigenvalue weighted by molar-refractivity contribution is 0.0314. The molecule has 0 fully saturated rings. The van der Waals surface area contributed by atoms with Gasteiger partial charge in [-0.15, -0.1) is 0 Å². The third kappa shape index (κ3) is 5.52. The quantitative estimate of drug-likeness (QED) is 0.812. The van der Waals surface area contributed by atoms with E-state index >= 15 is 0 Å². The number of carbonyl (C=O) groups excluding carboxylic acids is 1. The van der Waals surface area contributed by atoms with Gasteiger partial charge in [-0.05, 0) is 33.3 Å². The van der Waals surface area contributed by atoms with E-state index in [0.717, 1.165) is 13.0 Å². The Balaban J connectivity index is 2.89. The number of amides is 1. The molecule has 6 heteroatoms. The highest BCUT2D eigenvalue weighted by Gasteiger charge is 2.23. The Morgan fingerprint density at radius 3 is 2.62 bits per heavy atom. The van der Waals surface area contributed by atoms with E-state index in [2.05, 4.69) is 17.2 Å². The topological polar surface area (TPSA) is 65.5 Å². The van der Waals surface area contributed by atoms with Crippen LogP contribution in [-0.4, -0.2) is 46.1 Å². The zero-order valence-corrected chi connectivity index (χ0v) is 13.9. The summed E-state index contributed by atoms with van der Waals surface area (Å²) in [5.74, 6) is 0.400. The summed E-state index contributed by atoms with van der Waals surface area (Å²) in [6.45, 7) is 8.81. The molecule has 118 valence electrons. The molecule has 0 bridgehead atoms. The van der Waals surface area contributed by atoms with Crippen molar-refractivity contribution in [2.45, 2.75) is 39.7 Å². The van der Waals surface area contributed by atoms with Crippen LogP contribution in [0.1, 0.15) is 44.5 Å². The molecule has 1 amide bonds. The van der Waals surface area contributed by atoms with Gasteiger partial charge in [0.1, 0.15) is 5.82 Å². The minimum Gasteiger partial charge on any atom is -0.389 e. The van der Waals surface area contributed by atoms with Crippen LogP contribution in [0, 0.1) is 0 Å². The first kappa shape index (κ1) is 17.7. The molecule has 0 saturated heterocycles. The molecule has 2 N–H and O–H groups in total. The fourth-order valence-corrected chi connectivity index (χ4v) is 2.14. The van der Waals surface area contributed by atoms with Crippen molar-refractivity contribution in [3.8, 4) is 0 Å². The second-order valence-corrected chi connectivity index (χ2v) is 6.02. The van der Waals surface area contributed by atoms with Gasteiger partial charge in [0.2, 0.25) is 0 Å². The molecule has 1 rings (SSSR count). The Morgan fingerprint density at radius 2 is 2.14 bits per heavy atom. The maximum absolute atomic E-state index is 12.4. The molecule has 1 heterocycles. The number of halogens is 1. The van der Waals surface area contributed by atoms with Crippen LogP contribution in [0.15, 0.2) is 12.3 Å². The zero-order chi connectivity index (χ0) is 16.0. The number of rotatable bonds is 7. The first-order valence-corrected chi connectivity index (χ1v) is 7.57. The lowest BCUT2D eigenvalue weighted by atomic mass is 10.1. The van der Waals surface area contributed by atoms with Gasteiger partial charge in [0.25, 0.3) is 5.91 Å². The van der Waals surface area contributed by atoms with Crippen molar-refractivity contribution in [2.24, 2.45) is 0 Å². The van der Waals surface area contributed by atoms with E-state index in [1.165, 1.54) is 6.20 Å². The van der Waals surface area contributed by atoms with Crippen LogP contribution in [0.2, 0.25) is 5.02 Å². The largest absolute Gasteiger partial charge is 0.389 e. The van der Waals surface area contributed by atoms with Gasteiger partial charge in [-0.3, -0.25) is 4.79 Å². The predicted molar refractivity (Wildman–Crippen MR) is 85.9 cm³/mol.